The van der Waals surface area contributed by atoms with Gasteiger partial charge < -0.3 is 15.2 Å². The molecule has 1 atom stereocenters. The zero-order valence-electron chi connectivity index (χ0n) is 11.9. The van der Waals surface area contributed by atoms with Gasteiger partial charge in [-0.15, -0.1) is 0 Å². The molecule has 0 radical (unpaired) electrons. The number of esters is 1. The Morgan fingerprint density at radius 2 is 2.11 bits per heavy atom. The average molecular weight is 257 g/mol. The molecule has 18 heavy (non-hydrogen) atoms. The van der Waals surface area contributed by atoms with Crippen molar-refractivity contribution < 1.29 is 14.6 Å². The molecule has 1 saturated carbocycles. The minimum absolute atomic E-state index is 0.0466. The third-order valence-electron chi connectivity index (χ3n) is 4.09. The van der Waals surface area contributed by atoms with E-state index in [1.54, 1.807) is 0 Å². The Morgan fingerprint density at radius 3 is 2.61 bits per heavy atom. The Labute approximate surface area is 110 Å². The fourth-order valence-corrected chi connectivity index (χ4v) is 2.57. The fourth-order valence-electron chi connectivity index (χ4n) is 2.57. The summed E-state index contributed by atoms with van der Waals surface area (Å²) in [5.41, 5.74) is -0.587. The van der Waals surface area contributed by atoms with Crippen LogP contribution in [0.1, 0.15) is 52.4 Å². The average Bonchev–Trinajstić information content (AvgIpc) is 2.37. The fraction of sp³-hybridized carbons (Fsp3) is 0.929. The van der Waals surface area contributed by atoms with E-state index < -0.39 is 5.60 Å². The SMILES string of the molecule is CCC1CCC(O)(CNC(C)CC(=O)OC)CC1. The van der Waals surface area contributed by atoms with Gasteiger partial charge in [-0.1, -0.05) is 13.3 Å². The van der Waals surface area contributed by atoms with Crippen molar-refractivity contribution in [1.82, 2.24) is 5.32 Å². The number of carbonyl (C=O) groups is 1. The van der Waals surface area contributed by atoms with Crippen LogP contribution in [0, 0.1) is 5.92 Å². The van der Waals surface area contributed by atoms with Gasteiger partial charge in [0.1, 0.15) is 0 Å². The highest BCUT2D eigenvalue weighted by Gasteiger charge is 2.32. The van der Waals surface area contributed by atoms with Crippen molar-refractivity contribution in [3.05, 3.63) is 0 Å². The summed E-state index contributed by atoms with van der Waals surface area (Å²) in [6, 6.07) is 0.0466. The topological polar surface area (TPSA) is 58.6 Å². The molecule has 1 aliphatic rings. The van der Waals surface area contributed by atoms with E-state index in [0.717, 1.165) is 31.6 Å². The standard InChI is InChI=1S/C14H27NO3/c1-4-12-5-7-14(17,8-6-12)10-15-11(2)9-13(16)18-3/h11-12,15,17H,4-10H2,1-3H3. The van der Waals surface area contributed by atoms with Crippen LogP contribution in [0.5, 0.6) is 0 Å². The second-order valence-corrected chi connectivity index (χ2v) is 5.64. The summed E-state index contributed by atoms with van der Waals surface area (Å²) in [4.78, 5) is 11.1. The smallest absolute Gasteiger partial charge is 0.307 e. The zero-order chi connectivity index (χ0) is 13.6. The van der Waals surface area contributed by atoms with Crippen molar-refractivity contribution in [2.75, 3.05) is 13.7 Å². The third-order valence-corrected chi connectivity index (χ3v) is 4.09. The number of carbonyl (C=O) groups excluding carboxylic acids is 1. The molecule has 0 spiro atoms. The maximum atomic E-state index is 11.1. The number of aliphatic hydroxyl groups is 1. The van der Waals surface area contributed by atoms with Gasteiger partial charge in [-0.05, 0) is 38.5 Å². The summed E-state index contributed by atoms with van der Waals surface area (Å²) in [6.45, 7) is 4.73. The van der Waals surface area contributed by atoms with E-state index in [4.69, 9.17) is 0 Å². The van der Waals surface area contributed by atoms with Crippen molar-refractivity contribution in [2.24, 2.45) is 5.92 Å². The lowest BCUT2D eigenvalue weighted by molar-refractivity contribution is -0.141. The number of ether oxygens (including phenoxy) is 1. The summed E-state index contributed by atoms with van der Waals surface area (Å²) < 4.78 is 4.62. The number of rotatable bonds is 6. The maximum Gasteiger partial charge on any atom is 0.307 e. The van der Waals surface area contributed by atoms with Gasteiger partial charge in [-0.25, -0.2) is 0 Å². The predicted octanol–water partition coefficient (Wildman–Crippen LogP) is 1.86. The van der Waals surface area contributed by atoms with E-state index in [0.29, 0.717) is 13.0 Å². The van der Waals surface area contributed by atoms with Crippen molar-refractivity contribution in [3.8, 4) is 0 Å². The van der Waals surface area contributed by atoms with Crippen LogP contribution >= 0.6 is 0 Å². The molecule has 0 aromatic rings. The highest BCUT2D eigenvalue weighted by Crippen LogP contribution is 2.33. The van der Waals surface area contributed by atoms with Crippen LogP contribution in [0.25, 0.3) is 0 Å². The van der Waals surface area contributed by atoms with Crippen LogP contribution in [0.15, 0.2) is 0 Å². The van der Waals surface area contributed by atoms with Crippen molar-refractivity contribution >= 4 is 5.97 Å². The van der Waals surface area contributed by atoms with Gasteiger partial charge >= 0.3 is 5.97 Å². The van der Waals surface area contributed by atoms with Crippen molar-refractivity contribution in [2.45, 2.75) is 64.0 Å². The molecule has 4 heteroatoms. The number of hydrogen-bond acceptors (Lipinski definition) is 4. The molecular weight excluding hydrogens is 230 g/mol. The normalized spacial score (nSPS) is 29.9. The highest BCUT2D eigenvalue weighted by atomic mass is 16.5. The van der Waals surface area contributed by atoms with Crippen LogP contribution in [-0.4, -0.2) is 36.4 Å². The molecule has 4 nitrogen and oxygen atoms in total. The van der Waals surface area contributed by atoms with Gasteiger partial charge in [0.2, 0.25) is 0 Å². The summed E-state index contributed by atoms with van der Waals surface area (Å²) in [5, 5.41) is 13.7. The molecule has 0 heterocycles. The van der Waals surface area contributed by atoms with E-state index in [-0.39, 0.29) is 12.0 Å². The monoisotopic (exact) mass is 257 g/mol. The van der Waals surface area contributed by atoms with E-state index >= 15 is 0 Å². The van der Waals surface area contributed by atoms with E-state index in [1.165, 1.54) is 13.5 Å². The Kier molecular flexibility index (Phi) is 6.09. The largest absolute Gasteiger partial charge is 0.469 e. The van der Waals surface area contributed by atoms with Crippen LogP contribution in [0.4, 0.5) is 0 Å². The first kappa shape index (κ1) is 15.4. The first-order valence-corrected chi connectivity index (χ1v) is 7.01. The molecular formula is C14H27NO3. The summed E-state index contributed by atoms with van der Waals surface area (Å²) in [5.74, 6) is 0.564. The molecule has 0 aromatic heterocycles. The lowest BCUT2D eigenvalue weighted by atomic mass is 9.78. The molecule has 0 aliphatic heterocycles. The van der Waals surface area contributed by atoms with Crippen molar-refractivity contribution in [1.29, 1.82) is 0 Å². The van der Waals surface area contributed by atoms with E-state index in [9.17, 15) is 9.90 Å². The van der Waals surface area contributed by atoms with Gasteiger partial charge in [-0.3, -0.25) is 4.79 Å². The molecule has 1 aliphatic carbocycles. The van der Waals surface area contributed by atoms with Crippen LogP contribution in [0.2, 0.25) is 0 Å². The van der Waals surface area contributed by atoms with Crippen molar-refractivity contribution in [3.63, 3.8) is 0 Å². The highest BCUT2D eigenvalue weighted by molar-refractivity contribution is 5.69. The molecule has 1 unspecified atom stereocenters. The minimum atomic E-state index is -0.587. The Balaban J connectivity index is 2.28. The van der Waals surface area contributed by atoms with Gasteiger partial charge in [0.15, 0.2) is 0 Å². The predicted molar refractivity (Wildman–Crippen MR) is 71.3 cm³/mol. The van der Waals surface area contributed by atoms with Gasteiger partial charge in [0.25, 0.3) is 0 Å². The van der Waals surface area contributed by atoms with E-state index in [2.05, 4.69) is 17.0 Å². The molecule has 0 amide bonds. The quantitative estimate of drug-likeness (QED) is 0.713. The summed E-state index contributed by atoms with van der Waals surface area (Å²) >= 11 is 0. The second-order valence-electron chi connectivity index (χ2n) is 5.64. The molecule has 106 valence electrons. The third kappa shape index (κ3) is 4.94. The number of hydrogen-bond donors (Lipinski definition) is 2. The minimum Gasteiger partial charge on any atom is -0.469 e. The number of methoxy groups -OCH3 is 1. The molecule has 1 fully saturated rings. The first-order valence-electron chi connectivity index (χ1n) is 7.01. The first-order chi connectivity index (χ1) is 8.49. The van der Waals surface area contributed by atoms with Crippen LogP contribution in [-0.2, 0) is 9.53 Å². The van der Waals surface area contributed by atoms with Crippen LogP contribution in [0.3, 0.4) is 0 Å². The van der Waals surface area contributed by atoms with Crippen LogP contribution < -0.4 is 5.32 Å². The van der Waals surface area contributed by atoms with E-state index in [1.807, 2.05) is 6.92 Å². The van der Waals surface area contributed by atoms with Gasteiger partial charge in [-0.2, -0.15) is 0 Å². The number of nitrogens with one attached hydrogen (secondary N) is 1. The van der Waals surface area contributed by atoms with Gasteiger partial charge in [0, 0.05) is 12.6 Å². The Morgan fingerprint density at radius 1 is 1.50 bits per heavy atom. The zero-order valence-corrected chi connectivity index (χ0v) is 11.9. The maximum absolute atomic E-state index is 11.1. The molecule has 1 rings (SSSR count). The Hall–Kier alpha value is -0.610. The molecule has 0 saturated heterocycles. The molecule has 0 aromatic carbocycles. The second kappa shape index (κ2) is 7.10. The van der Waals surface area contributed by atoms with Gasteiger partial charge in [0.05, 0.1) is 19.1 Å². The lowest BCUT2D eigenvalue weighted by Gasteiger charge is -2.36. The molecule has 0 bridgehead atoms. The molecule has 2 N–H and O–H groups in total. The summed E-state index contributed by atoms with van der Waals surface area (Å²) in [7, 11) is 1.40. The lowest BCUT2D eigenvalue weighted by Crippen LogP contribution is -2.46. The summed E-state index contributed by atoms with van der Waals surface area (Å²) in [6.07, 6.45) is 5.51. The Bertz CT molecular complexity index is 260.